The normalized spacial score (nSPS) is 45.6. The van der Waals surface area contributed by atoms with Crippen molar-refractivity contribution in [1.82, 2.24) is 0 Å². The van der Waals surface area contributed by atoms with Crippen molar-refractivity contribution in [1.29, 1.82) is 0 Å². The van der Waals surface area contributed by atoms with Gasteiger partial charge in [-0.3, -0.25) is 9.59 Å². The molecule has 0 amide bonds. The van der Waals surface area contributed by atoms with Crippen LogP contribution in [-0.2, 0) is 75.9 Å². The molecule has 0 radical (unpaired) electrons. The molecule has 10 rings (SSSR count). The second-order valence-corrected chi connectivity index (χ2v) is 16.6. The number of Topliss-reactive ketones (excluding diaryl/α,β-unsaturated/α-hetero) is 2. The van der Waals surface area contributed by atoms with Gasteiger partial charge in [-0.25, -0.2) is 0 Å². The Balaban J connectivity index is 0.000000138. The summed E-state index contributed by atoms with van der Waals surface area (Å²) in [6.45, 7) is 15.9. The maximum absolute atomic E-state index is 13.2. The summed E-state index contributed by atoms with van der Waals surface area (Å²) >= 11 is 0. The number of ether oxygens (including phenoxy) is 14. The maximum Gasteiger partial charge on any atom is 0.273 e. The first-order valence-corrected chi connectivity index (χ1v) is 18.2. The quantitative estimate of drug-likeness (QED) is 0.356. The van der Waals surface area contributed by atoms with E-state index in [9.17, 15) is 9.59 Å². The molecule has 10 aliphatic heterocycles. The van der Waals surface area contributed by atoms with E-state index in [0.29, 0.717) is 61.9 Å². The second kappa shape index (κ2) is 11.6. The van der Waals surface area contributed by atoms with E-state index in [0.717, 1.165) is 0 Å². The van der Waals surface area contributed by atoms with Gasteiger partial charge in [-0.05, 0) is 55.4 Å². The van der Waals surface area contributed by atoms with Crippen LogP contribution in [0.2, 0.25) is 0 Å². The highest BCUT2D eigenvalue weighted by atomic mass is 16.8. The van der Waals surface area contributed by atoms with Gasteiger partial charge in [0, 0.05) is 25.7 Å². The Bertz CT molecular complexity index is 1480. The van der Waals surface area contributed by atoms with Crippen LogP contribution in [0.5, 0.6) is 0 Å². The zero-order valence-corrected chi connectivity index (χ0v) is 30.8. The van der Waals surface area contributed by atoms with E-state index in [4.69, 9.17) is 66.3 Å². The van der Waals surface area contributed by atoms with E-state index in [1.807, 2.05) is 27.7 Å². The maximum atomic E-state index is 13.2. The molecular weight excluding hydrogens is 688 g/mol. The summed E-state index contributed by atoms with van der Waals surface area (Å²) in [6, 6.07) is 0. The number of fused-ring (bicyclic) bond motifs is 6. The highest BCUT2D eigenvalue weighted by Crippen LogP contribution is 2.49. The highest BCUT2D eigenvalue weighted by Gasteiger charge is 2.63. The van der Waals surface area contributed by atoms with Crippen molar-refractivity contribution in [2.45, 2.75) is 165 Å². The zero-order chi connectivity index (χ0) is 36.6. The molecule has 0 bridgehead atoms. The van der Waals surface area contributed by atoms with E-state index < -0.39 is 71.3 Å². The molecule has 0 aromatic rings. The first kappa shape index (κ1) is 35.3. The third-order valence-corrected chi connectivity index (χ3v) is 10.8. The van der Waals surface area contributed by atoms with Crippen LogP contribution in [0.25, 0.3) is 0 Å². The average molecular weight is 737 g/mol. The molecule has 10 heterocycles. The van der Waals surface area contributed by atoms with Gasteiger partial charge in [0.2, 0.25) is 11.6 Å². The fourth-order valence-corrected chi connectivity index (χ4v) is 8.74. The molecule has 52 heavy (non-hydrogen) atoms. The third-order valence-electron chi connectivity index (χ3n) is 10.8. The molecule has 16 nitrogen and oxygen atoms in total. The molecule has 0 aliphatic carbocycles. The molecule has 6 fully saturated rings. The molecule has 0 aromatic heterocycles. The van der Waals surface area contributed by atoms with E-state index in [1.165, 1.54) is 0 Å². The number of carbonyl (C=O) groups excluding carboxylic acids is 2. The minimum atomic E-state index is -1.38. The van der Waals surface area contributed by atoms with E-state index in [2.05, 4.69) is 0 Å². The largest absolute Gasteiger partial charge is 0.491 e. The lowest BCUT2D eigenvalue weighted by molar-refractivity contribution is -0.258. The van der Waals surface area contributed by atoms with Gasteiger partial charge in [0.15, 0.2) is 59.1 Å². The van der Waals surface area contributed by atoms with Gasteiger partial charge in [-0.15, -0.1) is 0 Å². The Kier molecular flexibility index (Phi) is 7.86. The van der Waals surface area contributed by atoms with E-state index in [1.54, 1.807) is 27.7 Å². The van der Waals surface area contributed by atoms with Gasteiger partial charge < -0.3 is 66.3 Å². The number of rotatable bonds is 0. The summed E-state index contributed by atoms with van der Waals surface area (Å²) in [5.74, 6) is -3.93. The molecule has 0 N–H and O–H groups in total. The van der Waals surface area contributed by atoms with E-state index >= 15 is 0 Å². The Hall–Kier alpha value is -2.38. The molecule has 0 unspecified atom stereocenters. The summed E-state index contributed by atoms with van der Waals surface area (Å²) in [5.41, 5.74) is 0. The van der Waals surface area contributed by atoms with Gasteiger partial charge in [0.1, 0.15) is 49.1 Å². The minimum Gasteiger partial charge on any atom is -0.491 e. The Morgan fingerprint density at radius 1 is 0.442 bits per heavy atom. The fraction of sp³-hybridized carbons (Fsp3) is 0.833. The summed E-state index contributed by atoms with van der Waals surface area (Å²) in [5, 5.41) is 0. The number of hydrogen-bond acceptors (Lipinski definition) is 16. The molecule has 10 aliphatic rings. The van der Waals surface area contributed by atoms with Gasteiger partial charge >= 0.3 is 0 Å². The van der Waals surface area contributed by atoms with Crippen molar-refractivity contribution in [2.24, 2.45) is 0 Å². The van der Waals surface area contributed by atoms with Crippen molar-refractivity contribution in [3.8, 4) is 0 Å². The van der Waals surface area contributed by atoms with Crippen LogP contribution in [-0.4, -0.2) is 122 Å². The number of allylic oxidation sites excluding steroid dienone is 2. The molecular formula is C36H48O16. The van der Waals surface area contributed by atoms with E-state index in [-0.39, 0.29) is 37.0 Å². The van der Waals surface area contributed by atoms with Crippen molar-refractivity contribution >= 4 is 11.6 Å². The van der Waals surface area contributed by atoms with Crippen LogP contribution < -0.4 is 0 Å². The standard InChI is InChI=1S/2C18H24O8/c2*1-16(2)22-10-7-20-9-5-6-18(26-12(9)13(10)24-16)15(19)14-11(8-21-18)23-17(3,4)25-14/h2*10-11,13-14H,5-8H2,1-4H3/t2*10-,11-,13-,14-,18+/m11/s1. The molecule has 6 saturated heterocycles. The van der Waals surface area contributed by atoms with Crippen LogP contribution in [0.15, 0.2) is 23.0 Å². The smallest absolute Gasteiger partial charge is 0.273 e. The summed E-state index contributed by atoms with van der Waals surface area (Å²) in [4.78, 5) is 26.4. The summed E-state index contributed by atoms with van der Waals surface area (Å²) < 4.78 is 82.6. The molecule has 0 saturated carbocycles. The number of ketones is 2. The van der Waals surface area contributed by atoms with Gasteiger partial charge in [-0.2, -0.15) is 0 Å². The lowest BCUT2D eigenvalue weighted by atomic mass is 9.91. The molecule has 16 heteroatoms. The third kappa shape index (κ3) is 5.80. The molecule has 288 valence electrons. The predicted octanol–water partition coefficient (Wildman–Crippen LogP) is 2.75. The average Bonchev–Trinajstić information content (AvgIpc) is 3.78. The second-order valence-electron chi connectivity index (χ2n) is 16.6. The predicted molar refractivity (Wildman–Crippen MR) is 169 cm³/mol. The molecule has 0 aromatic carbocycles. The summed E-state index contributed by atoms with van der Waals surface area (Å²) in [6.07, 6.45) is -1.74. The minimum absolute atomic E-state index is 0.236. The van der Waals surface area contributed by atoms with Gasteiger partial charge in [-0.1, -0.05) is 0 Å². The van der Waals surface area contributed by atoms with Crippen molar-refractivity contribution in [2.75, 3.05) is 26.4 Å². The fourth-order valence-electron chi connectivity index (χ4n) is 8.74. The van der Waals surface area contributed by atoms with Crippen LogP contribution in [0.1, 0.15) is 81.1 Å². The Morgan fingerprint density at radius 2 is 0.769 bits per heavy atom. The van der Waals surface area contributed by atoms with Crippen molar-refractivity contribution < 1.29 is 75.9 Å². The first-order valence-electron chi connectivity index (χ1n) is 18.2. The van der Waals surface area contributed by atoms with Crippen molar-refractivity contribution in [3.63, 3.8) is 0 Å². The number of hydrogen-bond donors (Lipinski definition) is 0. The summed E-state index contributed by atoms with van der Waals surface area (Å²) in [7, 11) is 0. The van der Waals surface area contributed by atoms with Crippen LogP contribution in [0.4, 0.5) is 0 Å². The lowest BCUT2D eigenvalue weighted by Gasteiger charge is -2.44. The zero-order valence-electron chi connectivity index (χ0n) is 30.8. The van der Waals surface area contributed by atoms with Crippen molar-refractivity contribution in [3.05, 3.63) is 23.0 Å². The Labute approximate surface area is 301 Å². The molecule has 10 atom stereocenters. The first-order chi connectivity index (χ1) is 24.4. The van der Waals surface area contributed by atoms with Crippen LogP contribution in [0, 0.1) is 0 Å². The van der Waals surface area contributed by atoms with Crippen LogP contribution in [0.3, 0.4) is 0 Å². The lowest BCUT2D eigenvalue weighted by Crippen LogP contribution is -2.60. The van der Waals surface area contributed by atoms with Crippen LogP contribution >= 0.6 is 0 Å². The monoisotopic (exact) mass is 736 g/mol. The SMILES string of the molecule is CC1(C)O[C@@H]2CO[C@]3(CCC4=C(O3)[C@@H]3OC(C)(C)O[C@@H]3CO4)C(=O)[C@@H]2O1.CC1(C)O[C@@H]2CO[C@]3(CCC4=C(O3)[C@@H]3OC(C)(C)O[C@@H]3CO4)C(=O)[C@@H]2O1. The molecule has 2 spiro atoms. The van der Waals surface area contributed by atoms with Gasteiger partial charge in [0.25, 0.3) is 11.6 Å². The highest BCUT2D eigenvalue weighted by molar-refractivity contribution is 5.92. The topological polar surface area (TPSA) is 163 Å². The number of carbonyl (C=O) groups is 2. The van der Waals surface area contributed by atoms with Gasteiger partial charge in [0.05, 0.1) is 13.2 Å². The Morgan fingerprint density at radius 3 is 1.13 bits per heavy atom.